The quantitative estimate of drug-likeness (QED) is 0.0907. The largest absolute Gasteiger partial charge is 0.493 e. The van der Waals surface area contributed by atoms with Crippen molar-refractivity contribution in [2.75, 3.05) is 11.9 Å². The first-order valence-electron chi connectivity index (χ1n) is 12.7. The van der Waals surface area contributed by atoms with Crippen LogP contribution < -0.4 is 14.2 Å². The summed E-state index contributed by atoms with van der Waals surface area (Å²) in [5.74, 6) is 1.60. The van der Waals surface area contributed by atoms with Gasteiger partial charge in [-0.1, -0.05) is 57.9 Å². The smallest absolute Gasteiger partial charge is 0.153 e. The summed E-state index contributed by atoms with van der Waals surface area (Å²) in [6.45, 7) is 5.20. The number of hydrogen-bond donors (Lipinski definition) is 0. The van der Waals surface area contributed by atoms with E-state index in [1.165, 1.54) is 12.3 Å². The second-order valence-corrected chi connectivity index (χ2v) is 10.3. The Labute approximate surface area is 247 Å². The van der Waals surface area contributed by atoms with Crippen molar-refractivity contribution in [1.82, 2.24) is 4.98 Å². The minimum Gasteiger partial charge on any atom is -0.493 e. The maximum atomic E-state index is 11.7. The standard InChI is InChI=1S/C32H28BrClN2O4/c1-21-25(6-3-7-27(21)28-8-4-9-30(22(28)2)38-11-5-10-33)20-40-32-14-31(26(18-37)13-29(32)34)39-19-24-12-23(15-35)16-36-17-24/h3-4,6-9,12-14,16-18H,5,10-11,19-20H2,1-2H3. The van der Waals surface area contributed by atoms with E-state index in [2.05, 4.69) is 53.0 Å². The van der Waals surface area contributed by atoms with Crippen molar-refractivity contribution in [1.29, 1.82) is 5.26 Å². The van der Waals surface area contributed by atoms with Crippen molar-refractivity contribution in [2.24, 2.45) is 0 Å². The number of pyridine rings is 1. The first-order chi connectivity index (χ1) is 19.4. The molecule has 3 aromatic carbocycles. The number of alkyl halides is 1. The molecule has 4 aromatic rings. The van der Waals surface area contributed by atoms with Crippen LogP contribution in [0.4, 0.5) is 0 Å². The second-order valence-electron chi connectivity index (χ2n) is 9.12. The first kappa shape index (κ1) is 29.1. The summed E-state index contributed by atoms with van der Waals surface area (Å²) in [6, 6.07) is 19.1. The third-order valence-corrected chi connectivity index (χ3v) is 7.30. The van der Waals surface area contributed by atoms with Gasteiger partial charge in [-0.3, -0.25) is 9.78 Å². The molecule has 1 aromatic heterocycles. The van der Waals surface area contributed by atoms with Crippen LogP contribution in [0.25, 0.3) is 11.1 Å². The van der Waals surface area contributed by atoms with Crippen molar-refractivity contribution < 1.29 is 19.0 Å². The van der Waals surface area contributed by atoms with E-state index < -0.39 is 0 Å². The van der Waals surface area contributed by atoms with Crippen molar-refractivity contribution in [3.63, 3.8) is 0 Å². The zero-order valence-electron chi connectivity index (χ0n) is 22.2. The number of benzene rings is 3. The van der Waals surface area contributed by atoms with Crippen LogP contribution in [-0.2, 0) is 13.2 Å². The lowest BCUT2D eigenvalue weighted by Crippen LogP contribution is -2.03. The predicted molar refractivity (Wildman–Crippen MR) is 160 cm³/mol. The summed E-state index contributed by atoms with van der Waals surface area (Å²) in [6.07, 6.45) is 4.70. The Morgan fingerprint density at radius 3 is 2.42 bits per heavy atom. The molecule has 0 fully saturated rings. The molecule has 0 unspecified atom stereocenters. The number of hydrogen-bond acceptors (Lipinski definition) is 6. The lowest BCUT2D eigenvalue weighted by Gasteiger charge is -2.17. The van der Waals surface area contributed by atoms with E-state index >= 15 is 0 Å². The zero-order valence-corrected chi connectivity index (χ0v) is 24.6. The number of aldehydes is 1. The third kappa shape index (κ3) is 7.01. The van der Waals surface area contributed by atoms with Gasteiger partial charge in [-0.2, -0.15) is 5.26 Å². The van der Waals surface area contributed by atoms with E-state index in [4.69, 9.17) is 31.1 Å². The number of nitrogens with zero attached hydrogens (tertiary/aromatic N) is 2. The highest BCUT2D eigenvalue weighted by atomic mass is 79.9. The molecule has 0 saturated heterocycles. The van der Waals surface area contributed by atoms with Crippen LogP contribution in [0.2, 0.25) is 5.02 Å². The Hall–Kier alpha value is -3.86. The van der Waals surface area contributed by atoms with Gasteiger partial charge in [0.15, 0.2) is 6.29 Å². The van der Waals surface area contributed by atoms with E-state index in [1.807, 2.05) is 24.3 Å². The molecule has 0 bridgehead atoms. The van der Waals surface area contributed by atoms with Crippen LogP contribution in [0.1, 0.15) is 44.6 Å². The topological polar surface area (TPSA) is 81.4 Å². The highest BCUT2D eigenvalue weighted by Gasteiger charge is 2.15. The summed E-state index contributed by atoms with van der Waals surface area (Å²) in [5.41, 5.74) is 6.81. The predicted octanol–water partition coefficient (Wildman–Crippen LogP) is 8.02. The van der Waals surface area contributed by atoms with Crippen molar-refractivity contribution in [3.8, 4) is 34.4 Å². The Bertz CT molecular complexity index is 1550. The lowest BCUT2D eigenvalue weighted by molar-refractivity contribution is 0.111. The molecule has 40 heavy (non-hydrogen) atoms. The molecule has 8 heteroatoms. The first-order valence-corrected chi connectivity index (χ1v) is 14.2. The number of nitriles is 1. The van der Waals surface area contributed by atoms with Crippen molar-refractivity contribution >= 4 is 33.8 Å². The fourth-order valence-corrected chi connectivity index (χ4v) is 4.71. The fraction of sp³-hybridized carbons (Fsp3) is 0.219. The summed E-state index contributed by atoms with van der Waals surface area (Å²) in [4.78, 5) is 15.7. The zero-order chi connectivity index (χ0) is 28.5. The second kappa shape index (κ2) is 14.0. The molecule has 0 amide bonds. The maximum Gasteiger partial charge on any atom is 0.153 e. The number of rotatable bonds is 12. The molecule has 0 saturated carbocycles. The van der Waals surface area contributed by atoms with Gasteiger partial charge in [-0.05, 0) is 66.3 Å². The highest BCUT2D eigenvalue weighted by molar-refractivity contribution is 9.09. The number of ether oxygens (including phenoxy) is 3. The third-order valence-electron chi connectivity index (χ3n) is 6.45. The molecule has 0 aliphatic carbocycles. The molecule has 0 N–H and O–H groups in total. The van der Waals surface area contributed by atoms with Gasteiger partial charge in [-0.15, -0.1) is 0 Å². The summed E-state index contributed by atoms with van der Waals surface area (Å²) in [7, 11) is 0. The number of carbonyl (C=O) groups excluding carboxylic acids is 1. The van der Waals surface area contributed by atoms with E-state index in [-0.39, 0.29) is 13.2 Å². The molecular formula is C32H28BrClN2O4. The molecule has 1 heterocycles. The van der Waals surface area contributed by atoms with E-state index in [0.29, 0.717) is 46.1 Å². The highest BCUT2D eigenvalue weighted by Crippen LogP contribution is 2.36. The van der Waals surface area contributed by atoms with Crippen molar-refractivity contribution in [2.45, 2.75) is 33.5 Å². The number of halogens is 2. The van der Waals surface area contributed by atoms with Gasteiger partial charge in [0.2, 0.25) is 0 Å². The molecule has 0 aliphatic heterocycles. The lowest BCUT2D eigenvalue weighted by atomic mass is 9.93. The Morgan fingerprint density at radius 1 is 0.925 bits per heavy atom. The minimum absolute atomic E-state index is 0.129. The summed E-state index contributed by atoms with van der Waals surface area (Å²) in [5, 5.41) is 10.3. The monoisotopic (exact) mass is 618 g/mol. The molecule has 0 spiro atoms. The van der Waals surface area contributed by atoms with Gasteiger partial charge in [0, 0.05) is 29.4 Å². The van der Waals surface area contributed by atoms with Gasteiger partial charge >= 0.3 is 0 Å². The summed E-state index contributed by atoms with van der Waals surface area (Å²) < 4.78 is 18.0. The molecule has 0 aliphatic rings. The van der Waals surface area contributed by atoms with Crippen molar-refractivity contribution in [3.05, 3.63) is 105 Å². The van der Waals surface area contributed by atoms with Gasteiger partial charge in [0.25, 0.3) is 0 Å². The normalized spacial score (nSPS) is 10.6. The summed E-state index contributed by atoms with van der Waals surface area (Å²) >= 11 is 9.90. The molecule has 6 nitrogen and oxygen atoms in total. The minimum atomic E-state index is 0.129. The average Bonchev–Trinajstić information content (AvgIpc) is 2.97. The van der Waals surface area contributed by atoms with Crippen LogP contribution in [0.15, 0.2) is 67.0 Å². The molecule has 0 atom stereocenters. The molecular weight excluding hydrogens is 592 g/mol. The van der Waals surface area contributed by atoms with Gasteiger partial charge in [-0.25, -0.2) is 0 Å². The maximum absolute atomic E-state index is 11.7. The average molecular weight is 620 g/mol. The number of aromatic nitrogens is 1. The molecule has 0 radical (unpaired) electrons. The fourth-order valence-electron chi connectivity index (χ4n) is 4.25. The SMILES string of the molecule is Cc1c(COc2cc(OCc3cncc(C#N)c3)c(C=O)cc2Cl)cccc1-c1cccc(OCCCBr)c1C. The van der Waals surface area contributed by atoms with Gasteiger partial charge < -0.3 is 14.2 Å². The van der Waals surface area contributed by atoms with Crippen LogP contribution in [0.3, 0.4) is 0 Å². The Balaban J connectivity index is 1.53. The van der Waals surface area contributed by atoms with E-state index in [1.54, 1.807) is 18.3 Å². The van der Waals surface area contributed by atoms with Crippen LogP contribution >= 0.6 is 27.5 Å². The van der Waals surface area contributed by atoms with Crippen LogP contribution in [-0.4, -0.2) is 23.2 Å². The Kier molecular flexibility index (Phi) is 10.2. The molecule has 4 rings (SSSR count). The Morgan fingerprint density at radius 2 is 1.68 bits per heavy atom. The van der Waals surface area contributed by atoms with Gasteiger partial charge in [0.05, 0.1) is 22.8 Å². The molecule has 204 valence electrons. The van der Waals surface area contributed by atoms with Crippen LogP contribution in [0.5, 0.6) is 17.2 Å². The van der Waals surface area contributed by atoms with E-state index in [9.17, 15) is 4.79 Å². The van der Waals surface area contributed by atoms with Crippen LogP contribution in [0, 0.1) is 25.2 Å². The number of carbonyl (C=O) groups is 1. The van der Waals surface area contributed by atoms with Gasteiger partial charge in [0.1, 0.15) is 36.5 Å². The van der Waals surface area contributed by atoms with E-state index in [0.717, 1.165) is 45.3 Å².